The summed E-state index contributed by atoms with van der Waals surface area (Å²) >= 11 is 0. The van der Waals surface area contributed by atoms with Gasteiger partial charge in [0.05, 0.1) is 0 Å². The molecule has 1 saturated heterocycles. The van der Waals surface area contributed by atoms with Crippen LogP contribution in [0.25, 0.3) is 0 Å². The first kappa shape index (κ1) is 13.0. The smallest absolute Gasteiger partial charge is 0.246 e. The number of hydrogen-bond acceptors (Lipinski definition) is 3. The molecule has 0 aromatic carbocycles. The molecule has 1 aliphatic rings. The van der Waals surface area contributed by atoms with E-state index < -0.39 is 0 Å². The predicted octanol–water partition coefficient (Wildman–Crippen LogP) is 0.198. The molecular weight excluding hydrogens is 208 g/mol. The van der Waals surface area contributed by atoms with Gasteiger partial charge in [-0.05, 0) is 12.8 Å². The maximum atomic E-state index is 11.4. The first-order valence-electron chi connectivity index (χ1n) is 5.89. The second-order valence-corrected chi connectivity index (χ2v) is 3.96. The van der Waals surface area contributed by atoms with Crippen molar-refractivity contribution in [3.8, 4) is 0 Å². The van der Waals surface area contributed by atoms with Gasteiger partial charge in [-0.1, -0.05) is 19.8 Å². The molecule has 0 radical (unpaired) electrons. The van der Waals surface area contributed by atoms with Gasteiger partial charge in [-0.2, -0.15) is 0 Å². The quantitative estimate of drug-likeness (QED) is 0.612. The third-order valence-electron chi connectivity index (χ3n) is 2.51. The van der Waals surface area contributed by atoms with E-state index in [4.69, 9.17) is 4.74 Å². The van der Waals surface area contributed by atoms with Crippen molar-refractivity contribution in [1.82, 2.24) is 10.6 Å². The summed E-state index contributed by atoms with van der Waals surface area (Å²) in [6, 6.07) is -0.369. The maximum absolute atomic E-state index is 11.4. The minimum atomic E-state index is -0.369. The Labute approximate surface area is 95.9 Å². The van der Waals surface area contributed by atoms with Gasteiger partial charge in [0.1, 0.15) is 12.6 Å². The highest BCUT2D eigenvalue weighted by Gasteiger charge is 2.25. The summed E-state index contributed by atoms with van der Waals surface area (Å²) in [5.74, 6) is -0.308. The molecule has 5 heteroatoms. The van der Waals surface area contributed by atoms with Crippen LogP contribution in [0.4, 0.5) is 0 Å². The van der Waals surface area contributed by atoms with Crippen LogP contribution in [-0.2, 0) is 14.3 Å². The van der Waals surface area contributed by atoms with Crippen LogP contribution >= 0.6 is 0 Å². The second kappa shape index (κ2) is 7.22. The highest BCUT2D eigenvalue weighted by molar-refractivity contribution is 5.89. The lowest BCUT2D eigenvalue weighted by molar-refractivity contribution is -0.130. The molecule has 0 aromatic heterocycles. The zero-order valence-corrected chi connectivity index (χ0v) is 9.75. The van der Waals surface area contributed by atoms with Crippen molar-refractivity contribution in [2.24, 2.45) is 0 Å². The maximum Gasteiger partial charge on any atom is 0.246 e. The molecule has 0 spiro atoms. The molecule has 16 heavy (non-hydrogen) atoms. The van der Waals surface area contributed by atoms with Crippen molar-refractivity contribution in [1.29, 1.82) is 0 Å². The molecule has 1 unspecified atom stereocenters. The number of carbonyl (C=O) groups excluding carboxylic acids is 2. The summed E-state index contributed by atoms with van der Waals surface area (Å²) in [4.78, 5) is 22.5. The fraction of sp³-hybridized carbons (Fsp3) is 0.818. The molecule has 5 nitrogen and oxygen atoms in total. The van der Waals surface area contributed by atoms with E-state index >= 15 is 0 Å². The van der Waals surface area contributed by atoms with Gasteiger partial charge in [0, 0.05) is 13.2 Å². The number of rotatable bonds is 7. The Balaban J connectivity index is 2.04. The van der Waals surface area contributed by atoms with E-state index in [2.05, 4.69) is 17.6 Å². The normalized spacial score (nSPS) is 19.6. The lowest BCUT2D eigenvalue weighted by Crippen LogP contribution is -2.41. The minimum absolute atomic E-state index is 0.0491. The van der Waals surface area contributed by atoms with Crippen LogP contribution in [0.1, 0.15) is 32.6 Å². The van der Waals surface area contributed by atoms with Crippen molar-refractivity contribution < 1.29 is 14.3 Å². The third kappa shape index (κ3) is 4.61. The Morgan fingerprint density at radius 1 is 1.56 bits per heavy atom. The largest absolute Gasteiger partial charge is 0.372 e. The SMILES string of the molecule is CCCCCOCC(=O)NC1CCNC1=O. The summed E-state index contributed by atoms with van der Waals surface area (Å²) in [5, 5.41) is 5.31. The van der Waals surface area contributed by atoms with Gasteiger partial charge in [-0.25, -0.2) is 0 Å². The van der Waals surface area contributed by atoms with E-state index in [0.29, 0.717) is 19.6 Å². The van der Waals surface area contributed by atoms with Gasteiger partial charge in [0.15, 0.2) is 0 Å². The summed E-state index contributed by atoms with van der Waals surface area (Å²) in [6.07, 6.45) is 3.90. The molecule has 0 bridgehead atoms. The highest BCUT2D eigenvalue weighted by atomic mass is 16.5. The van der Waals surface area contributed by atoms with Gasteiger partial charge < -0.3 is 15.4 Å². The van der Waals surface area contributed by atoms with E-state index in [9.17, 15) is 9.59 Å². The molecule has 2 amide bonds. The molecule has 0 aliphatic carbocycles. The summed E-state index contributed by atoms with van der Waals surface area (Å²) in [6.45, 7) is 3.41. The van der Waals surface area contributed by atoms with E-state index in [1.54, 1.807) is 0 Å². The number of ether oxygens (including phenoxy) is 1. The van der Waals surface area contributed by atoms with E-state index in [1.807, 2.05) is 0 Å². The van der Waals surface area contributed by atoms with E-state index in [1.165, 1.54) is 0 Å². The van der Waals surface area contributed by atoms with Crippen LogP contribution in [0.2, 0.25) is 0 Å². The Bertz CT molecular complexity index is 243. The van der Waals surface area contributed by atoms with Crippen molar-refractivity contribution >= 4 is 11.8 Å². The van der Waals surface area contributed by atoms with Crippen LogP contribution in [0.15, 0.2) is 0 Å². The van der Waals surface area contributed by atoms with Gasteiger partial charge in [-0.3, -0.25) is 9.59 Å². The average molecular weight is 228 g/mol. The number of amides is 2. The molecular formula is C11H20N2O3. The zero-order chi connectivity index (χ0) is 11.8. The van der Waals surface area contributed by atoms with Crippen molar-refractivity contribution in [2.75, 3.05) is 19.8 Å². The fourth-order valence-corrected chi connectivity index (χ4v) is 1.59. The Morgan fingerprint density at radius 2 is 2.38 bits per heavy atom. The number of hydrogen-bond donors (Lipinski definition) is 2. The average Bonchev–Trinajstić information content (AvgIpc) is 2.64. The first-order valence-corrected chi connectivity index (χ1v) is 5.89. The lowest BCUT2D eigenvalue weighted by atomic mass is 10.2. The minimum Gasteiger partial charge on any atom is -0.372 e. The molecule has 1 heterocycles. The lowest BCUT2D eigenvalue weighted by Gasteiger charge is -2.09. The monoisotopic (exact) mass is 228 g/mol. The molecule has 1 fully saturated rings. The van der Waals surface area contributed by atoms with Crippen molar-refractivity contribution in [3.05, 3.63) is 0 Å². The zero-order valence-electron chi connectivity index (χ0n) is 9.75. The van der Waals surface area contributed by atoms with Gasteiger partial charge in [0.2, 0.25) is 11.8 Å². The summed E-state index contributed by atoms with van der Waals surface area (Å²) in [7, 11) is 0. The van der Waals surface area contributed by atoms with Crippen LogP contribution in [0.5, 0.6) is 0 Å². The third-order valence-corrected chi connectivity index (χ3v) is 2.51. The molecule has 92 valence electrons. The Morgan fingerprint density at radius 3 is 3.00 bits per heavy atom. The van der Waals surface area contributed by atoms with Crippen LogP contribution in [0, 0.1) is 0 Å². The van der Waals surface area contributed by atoms with Gasteiger partial charge in [-0.15, -0.1) is 0 Å². The Kier molecular flexibility index (Phi) is 5.85. The van der Waals surface area contributed by atoms with E-state index in [0.717, 1.165) is 19.3 Å². The summed E-state index contributed by atoms with van der Waals surface area (Å²) < 4.78 is 5.20. The number of carbonyl (C=O) groups is 2. The fourth-order valence-electron chi connectivity index (χ4n) is 1.59. The number of unbranched alkanes of at least 4 members (excludes halogenated alkanes) is 2. The van der Waals surface area contributed by atoms with E-state index in [-0.39, 0.29) is 24.5 Å². The van der Waals surface area contributed by atoms with Crippen LogP contribution < -0.4 is 10.6 Å². The van der Waals surface area contributed by atoms with Gasteiger partial charge >= 0.3 is 0 Å². The molecule has 2 N–H and O–H groups in total. The molecule has 0 aromatic rings. The second-order valence-electron chi connectivity index (χ2n) is 3.96. The molecule has 1 aliphatic heterocycles. The van der Waals surface area contributed by atoms with Crippen molar-refractivity contribution in [3.63, 3.8) is 0 Å². The molecule has 1 atom stereocenters. The Hall–Kier alpha value is -1.10. The van der Waals surface area contributed by atoms with Crippen molar-refractivity contribution in [2.45, 2.75) is 38.6 Å². The van der Waals surface area contributed by atoms with Crippen LogP contribution in [0.3, 0.4) is 0 Å². The topological polar surface area (TPSA) is 67.4 Å². The first-order chi connectivity index (χ1) is 7.74. The predicted molar refractivity (Wildman–Crippen MR) is 59.9 cm³/mol. The van der Waals surface area contributed by atoms with Crippen LogP contribution in [-0.4, -0.2) is 37.6 Å². The number of nitrogens with one attached hydrogen (secondary N) is 2. The van der Waals surface area contributed by atoms with Gasteiger partial charge in [0.25, 0.3) is 0 Å². The molecule has 0 saturated carbocycles. The standard InChI is InChI=1S/C11H20N2O3/c1-2-3-4-7-16-8-10(14)13-9-5-6-12-11(9)15/h9H,2-8H2,1H3,(H,12,15)(H,13,14). The summed E-state index contributed by atoms with van der Waals surface area (Å²) in [5.41, 5.74) is 0. The highest BCUT2D eigenvalue weighted by Crippen LogP contribution is 1.99. The molecule has 1 rings (SSSR count).